The topological polar surface area (TPSA) is 52.1 Å². The maximum Gasteiger partial charge on any atom is 0.338 e. The molecule has 0 saturated heterocycles. The number of aromatic nitrogens is 2. The lowest BCUT2D eigenvalue weighted by molar-refractivity contribution is 0.0498. The Balaban J connectivity index is 1.94. The van der Waals surface area contributed by atoms with Crippen molar-refractivity contribution in [1.82, 2.24) is 9.97 Å². The molecule has 0 spiro atoms. The van der Waals surface area contributed by atoms with Crippen molar-refractivity contribution in [2.24, 2.45) is 0 Å². The highest BCUT2D eigenvalue weighted by atomic mass is 16.5. The van der Waals surface area contributed by atoms with Gasteiger partial charge in [0, 0.05) is 18.0 Å². The van der Waals surface area contributed by atoms with E-state index < -0.39 is 0 Å². The fraction of sp³-hybridized carbons (Fsp3) is 0.450. The number of carbonyl (C=O) groups excluding carboxylic acids is 1. The van der Waals surface area contributed by atoms with E-state index in [-0.39, 0.29) is 5.97 Å². The minimum atomic E-state index is -0.270. The van der Waals surface area contributed by atoms with Crippen LogP contribution in [0.1, 0.15) is 61.9 Å². The van der Waals surface area contributed by atoms with Crippen LogP contribution < -0.4 is 0 Å². The molecule has 0 radical (unpaired) electrons. The van der Waals surface area contributed by atoms with E-state index in [2.05, 4.69) is 23.8 Å². The molecule has 0 saturated carbocycles. The Kier molecular flexibility index (Phi) is 7.40. The number of rotatable bonds is 9. The fourth-order valence-corrected chi connectivity index (χ4v) is 2.37. The number of unbranched alkanes of at least 4 members (excludes halogenated alkanes) is 3. The Morgan fingerprint density at radius 2 is 1.62 bits per heavy atom. The van der Waals surface area contributed by atoms with Crippen LogP contribution in [0.3, 0.4) is 0 Å². The quantitative estimate of drug-likeness (QED) is 0.489. The molecule has 0 N–H and O–H groups in total. The zero-order valence-electron chi connectivity index (χ0n) is 14.6. The molecule has 0 atom stereocenters. The number of nitrogens with zero attached hydrogens (tertiary/aromatic N) is 2. The maximum absolute atomic E-state index is 11.9. The molecule has 0 fully saturated rings. The van der Waals surface area contributed by atoms with Gasteiger partial charge in [-0.25, -0.2) is 14.8 Å². The first-order valence-corrected chi connectivity index (χ1v) is 8.83. The maximum atomic E-state index is 11.9. The van der Waals surface area contributed by atoms with E-state index in [1.165, 1.54) is 0 Å². The zero-order valence-corrected chi connectivity index (χ0v) is 14.6. The van der Waals surface area contributed by atoms with Crippen LogP contribution in [0.25, 0.3) is 11.4 Å². The van der Waals surface area contributed by atoms with Crippen LogP contribution in [-0.4, -0.2) is 22.5 Å². The minimum Gasteiger partial charge on any atom is -0.462 e. The second-order valence-electron chi connectivity index (χ2n) is 5.94. The summed E-state index contributed by atoms with van der Waals surface area (Å²) in [7, 11) is 0. The van der Waals surface area contributed by atoms with Gasteiger partial charge in [0.25, 0.3) is 0 Å². The van der Waals surface area contributed by atoms with E-state index >= 15 is 0 Å². The molecule has 2 aromatic rings. The molecule has 4 heteroatoms. The molecule has 0 aliphatic rings. The predicted molar refractivity (Wildman–Crippen MR) is 95.9 cm³/mol. The summed E-state index contributed by atoms with van der Waals surface area (Å²) < 4.78 is 5.26. The number of hydrogen-bond donors (Lipinski definition) is 0. The molecule has 0 bridgehead atoms. The van der Waals surface area contributed by atoms with Gasteiger partial charge in [-0.1, -0.05) is 45.2 Å². The van der Waals surface area contributed by atoms with Crippen molar-refractivity contribution in [2.45, 2.75) is 52.4 Å². The number of benzene rings is 1. The summed E-state index contributed by atoms with van der Waals surface area (Å²) in [4.78, 5) is 20.8. The number of carbonyl (C=O) groups is 1. The van der Waals surface area contributed by atoms with Crippen LogP contribution in [0.4, 0.5) is 0 Å². The second-order valence-corrected chi connectivity index (χ2v) is 5.94. The lowest BCUT2D eigenvalue weighted by Crippen LogP contribution is -2.06. The van der Waals surface area contributed by atoms with E-state index in [1.54, 1.807) is 12.1 Å². The van der Waals surface area contributed by atoms with Crippen LogP contribution in [0.15, 0.2) is 36.7 Å². The van der Waals surface area contributed by atoms with E-state index in [1.807, 2.05) is 24.5 Å². The Labute approximate surface area is 144 Å². The summed E-state index contributed by atoms with van der Waals surface area (Å²) in [5.41, 5.74) is 2.63. The summed E-state index contributed by atoms with van der Waals surface area (Å²) in [5.74, 6) is 0.409. The van der Waals surface area contributed by atoms with Crippen molar-refractivity contribution in [2.75, 3.05) is 6.61 Å². The molecule has 24 heavy (non-hydrogen) atoms. The molecular weight excluding hydrogens is 300 g/mol. The highest BCUT2D eigenvalue weighted by Crippen LogP contribution is 2.16. The van der Waals surface area contributed by atoms with E-state index in [9.17, 15) is 4.79 Å². The smallest absolute Gasteiger partial charge is 0.338 e. The molecule has 4 nitrogen and oxygen atoms in total. The van der Waals surface area contributed by atoms with Crippen LogP contribution in [0.5, 0.6) is 0 Å². The first-order chi connectivity index (χ1) is 11.7. The lowest BCUT2D eigenvalue weighted by atomic mass is 10.1. The number of hydrogen-bond acceptors (Lipinski definition) is 4. The van der Waals surface area contributed by atoms with Crippen molar-refractivity contribution in [3.8, 4) is 11.4 Å². The largest absolute Gasteiger partial charge is 0.462 e. The summed E-state index contributed by atoms with van der Waals surface area (Å²) >= 11 is 0. The first-order valence-electron chi connectivity index (χ1n) is 8.83. The molecule has 0 amide bonds. The second kappa shape index (κ2) is 9.81. The molecular formula is C20H26N2O2. The van der Waals surface area contributed by atoms with Crippen molar-refractivity contribution >= 4 is 5.97 Å². The van der Waals surface area contributed by atoms with Gasteiger partial charge in [-0.15, -0.1) is 0 Å². The Bertz CT molecular complexity index is 621. The normalized spacial score (nSPS) is 10.6. The average Bonchev–Trinajstić information content (AvgIpc) is 2.64. The van der Waals surface area contributed by atoms with Gasteiger partial charge in [0.2, 0.25) is 0 Å². The van der Waals surface area contributed by atoms with Gasteiger partial charge in [-0.3, -0.25) is 0 Å². The monoisotopic (exact) mass is 326 g/mol. The van der Waals surface area contributed by atoms with Crippen molar-refractivity contribution in [3.05, 3.63) is 47.8 Å². The van der Waals surface area contributed by atoms with Gasteiger partial charge in [0.05, 0.1) is 12.2 Å². The number of ether oxygens (including phenoxy) is 1. The predicted octanol–water partition coefficient (Wildman–Crippen LogP) is 4.83. The molecule has 1 heterocycles. The SMILES string of the molecule is CCCCCOC(=O)c1ccc(-c2ncc(CCCC)cn2)cc1. The van der Waals surface area contributed by atoms with Crippen molar-refractivity contribution in [3.63, 3.8) is 0 Å². The van der Waals surface area contributed by atoms with Gasteiger partial charge in [0.15, 0.2) is 5.82 Å². The molecule has 2 rings (SSSR count). The van der Waals surface area contributed by atoms with E-state index in [4.69, 9.17) is 4.74 Å². The number of aryl methyl sites for hydroxylation is 1. The van der Waals surface area contributed by atoms with Crippen molar-refractivity contribution in [1.29, 1.82) is 0 Å². The van der Waals surface area contributed by atoms with Crippen molar-refractivity contribution < 1.29 is 9.53 Å². The summed E-state index contributed by atoms with van der Waals surface area (Å²) in [6.45, 7) is 4.78. The van der Waals surface area contributed by atoms with Gasteiger partial charge in [-0.05, 0) is 37.0 Å². The molecule has 0 aliphatic carbocycles. The molecule has 1 aromatic carbocycles. The minimum absolute atomic E-state index is 0.270. The fourth-order valence-electron chi connectivity index (χ4n) is 2.37. The van der Waals surface area contributed by atoms with Gasteiger partial charge < -0.3 is 4.74 Å². The van der Waals surface area contributed by atoms with E-state index in [0.717, 1.165) is 49.7 Å². The van der Waals surface area contributed by atoms with Crippen LogP contribution >= 0.6 is 0 Å². The van der Waals surface area contributed by atoms with Crippen LogP contribution in [0.2, 0.25) is 0 Å². The molecule has 0 aliphatic heterocycles. The third kappa shape index (κ3) is 5.44. The third-order valence-corrected chi connectivity index (χ3v) is 3.88. The summed E-state index contributed by atoms with van der Waals surface area (Å²) in [5, 5.41) is 0. The highest BCUT2D eigenvalue weighted by molar-refractivity contribution is 5.89. The van der Waals surface area contributed by atoms with Gasteiger partial charge in [0.1, 0.15) is 0 Å². The number of esters is 1. The average molecular weight is 326 g/mol. The standard InChI is InChI=1S/C20H26N2O2/c1-3-5-7-13-24-20(23)18-11-9-17(10-12-18)19-21-14-16(15-22-19)8-6-4-2/h9-12,14-15H,3-8,13H2,1-2H3. The van der Waals surface area contributed by atoms with Crippen LogP contribution in [-0.2, 0) is 11.2 Å². The summed E-state index contributed by atoms with van der Waals surface area (Å²) in [6, 6.07) is 7.27. The van der Waals surface area contributed by atoms with Gasteiger partial charge >= 0.3 is 5.97 Å². The Morgan fingerprint density at radius 1 is 0.958 bits per heavy atom. The first kappa shape index (κ1) is 18.1. The summed E-state index contributed by atoms with van der Waals surface area (Å²) in [6.07, 6.45) is 10.2. The molecule has 1 aromatic heterocycles. The van der Waals surface area contributed by atoms with Crippen LogP contribution in [0, 0.1) is 0 Å². The molecule has 128 valence electrons. The Hall–Kier alpha value is -2.23. The lowest BCUT2D eigenvalue weighted by Gasteiger charge is -2.06. The Morgan fingerprint density at radius 3 is 2.25 bits per heavy atom. The highest BCUT2D eigenvalue weighted by Gasteiger charge is 2.08. The van der Waals surface area contributed by atoms with Gasteiger partial charge in [-0.2, -0.15) is 0 Å². The molecule has 0 unspecified atom stereocenters. The zero-order chi connectivity index (χ0) is 17.2. The third-order valence-electron chi connectivity index (χ3n) is 3.88. The van der Waals surface area contributed by atoms with E-state index in [0.29, 0.717) is 18.0 Å².